The summed E-state index contributed by atoms with van der Waals surface area (Å²) >= 11 is 0. The van der Waals surface area contributed by atoms with Gasteiger partial charge in [0, 0.05) is 11.1 Å². The zero-order chi connectivity index (χ0) is 19.7. The molecular weight excluding hydrogens is 368 g/mol. The summed E-state index contributed by atoms with van der Waals surface area (Å²) in [7, 11) is 6.17. The summed E-state index contributed by atoms with van der Waals surface area (Å²) in [5.74, 6) is 3.69. The molecule has 1 aliphatic heterocycles. The van der Waals surface area contributed by atoms with Crippen LogP contribution in [0.1, 0.15) is 0 Å². The van der Waals surface area contributed by atoms with Crippen molar-refractivity contribution in [2.75, 3.05) is 35.2 Å². The van der Waals surface area contributed by atoms with Gasteiger partial charge in [0.2, 0.25) is 30.1 Å². The fraction of sp³-hybridized carbons (Fsp3) is 0.263. The van der Waals surface area contributed by atoms with Crippen molar-refractivity contribution in [3.8, 4) is 57.4 Å². The molecule has 0 spiro atoms. The van der Waals surface area contributed by atoms with Crippen molar-refractivity contribution in [1.29, 1.82) is 0 Å². The van der Waals surface area contributed by atoms with Crippen LogP contribution < -0.4 is 28.4 Å². The van der Waals surface area contributed by atoms with Gasteiger partial charge in [-0.2, -0.15) is 0 Å². The van der Waals surface area contributed by atoms with E-state index < -0.39 is 0 Å². The summed E-state index contributed by atoms with van der Waals surface area (Å²) in [5.41, 5.74) is 1.27. The molecule has 3 aromatic rings. The number of benzene rings is 2. The van der Waals surface area contributed by atoms with E-state index in [4.69, 9.17) is 32.8 Å². The summed E-state index contributed by atoms with van der Waals surface area (Å²) in [6.07, 6.45) is 0. The highest BCUT2D eigenvalue weighted by Crippen LogP contribution is 2.45. The van der Waals surface area contributed by atoms with Gasteiger partial charge in [0.15, 0.2) is 23.0 Å². The van der Waals surface area contributed by atoms with Crippen LogP contribution in [0.2, 0.25) is 0 Å². The van der Waals surface area contributed by atoms with Gasteiger partial charge in [0.05, 0.1) is 28.4 Å². The highest BCUT2D eigenvalue weighted by Gasteiger charge is 2.23. The quantitative estimate of drug-likeness (QED) is 0.633. The monoisotopic (exact) mass is 386 g/mol. The van der Waals surface area contributed by atoms with Crippen LogP contribution in [0, 0.1) is 0 Å². The Morgan fingerprint density at radius 2 is 1.29 bits per heavy atom. The van der Waals surface area contributed by atoms with Crippen molar-refractivity contribution in [2.45, 2.75) is 0 Å². The number of hydrogen-bond donors (Lipinski definition) is 0. The fourth-order valence-corrected chi connectivity index (χ4v) is 2.91. The number of rotatable bonds is 6. The van der Waals surface area contributed by atoms with E-state index in [1.165, 1.54) is 7.11 Å². The Bertz CT molecular complexity index is 991. The molecule has 0 radical (unpaired) electrons. The summed E-state index contributed by atoms with van der Waals surface area (Å²) in [6, 6.07) is 6.98. The largest absolute Gasteiger partial charge is 0.493 e. The fourth-order valence-electron chi connectivity index (χ4n) is 2.91. The van der Waals surface area contributed by atoms with Crippen molar-refractivity contribution in [3.05, 3.63) is 24.3 Å². The minimum Gasteiger partial charge on any atom is -0.493 e. The molecule has 2 heterocycles. The number of ether oxygens (including phenoxy) is 6. The van der Waals surface area contributed by atoms with Crippen LogP contribution in [0.15, 0.2) is 28.7 Å². The lowest BCUT2D eigenvalue weighted by Crippen LogP contribution is -1.95. The molecule has 0 bridgehead atoms. The third-order valence-electron chi connectivity index (χ3n) is 4.24. The van der Waals surface area contributed by atoms with Crippen LogP contribution in [0.5, 0.6) is 34.5 Å². The van der Waals surface area contributed by atoms with Crippen molar-refractivity contribution >= 4 is 0 Å². The normalized spacial score (nSPS) is 12.0. The molecule has 0 aliphatic carbocycles. The molecule has 0 unspecified atom stereocenters. The van der Waals surface area contributed by atoms with Crippen LogP contribution in [-0.4, -0.2) is 45.4 Å². The van der Waals surface area contributed by atoms with Crippen LogP contribution in [0.3, 0.4) is 0 Å². The number of hydrogen-bond acceptors (Lipinski definition) is 9. The van der Waals surface area contributed by atoms with Crippen molar-refractivity contribution in [1.82, 2.24) is 10.2 Å². The maximum Gasteiger partial charge on any atom is 0.248 e. The van der Waals surface area contributed by atoms with E-state index in [1.807, 2.05) is 0 Å². The van der Waals surface area contributed by atoms with Gasteiger partial charge >= 0.3 is 0 Å². The molecule has 0 fully saturated rings. The van der Waals surface area contributed by atoms with Gasteiger partial charge in [0.25, 0.3) is 0 Å². The third kappa shape index (κ3) is 2.90. The van der Waals surface area contributed by atoms with Gasteiger partial charge in [-0.1, -0.05) is 0 Å². The Balaban J connectivity index is 1.75. The summed E-state index contributed by atoms with van der Waals surface area (Å²) in [4.78, 5) is 0. The third-order valence-corrected chi connectivity index (χ3v) is 4.24. The van der Waals surface area contributed by atoms with Gasteiger partial charge in [-0.05, 0) is 24.3 Å². The molecule has 28 heavy (non-hydrogen) atoms. The molecule has 2 aromatic carbocycles. The SMILES string of the molecule is COc1cc(-c2nnc(-c3cc(OC)c4c(c3)OCO4)o2)cc(OC)c1OC. The topological polar surface area (TPSA) is 94.3 Å². The minimum atomic E-state index is 0.135. The molecule has 1 aliphatic rings. The zero-order valence-electron chi connectivity index (χ0n) is 15.8. The molecule has 0 saturated heterocycles. The van der Waals surface area contributed by atoms with E-state index in [0.29, 0.717) is 57.4 Å². The second-order valence-electron chi connectivity index (χ2n) is 5.74. The lowest BCUT2D eigenvalue weighted by molar-refractivity contribution is 0.171. The summed E-state index contributed by atoms with van der Waals surface area (Å²) in [6.45, 7) is 0.135. The smallest absolute Gasteiger partial charge is 0.248 e. The van der Waals surface area contributed by atoms with Gasteiger partial charge in [-0.25, -0.2) is 0 Å². The molecule has 0 amide bonds. The van der Waals surface area contributed by atoms with Crippen molar-refractivity contribution < 1.29 is 32.8 Å². The number of fused-ring (bicyclic) bond motifs is 1. The summed E-state index contributed by atoms with van der Waals surface area (Å²) in [5, 5.41) is 8.27. The molecule has 9 nitrogen and oxygen atoms in total. The molecule has 0 saturated carbocycles. The predicted octanol–water partition coefficient (Wildman–Crippen LogP) is 3.17. The van der Waals surface area contributed by atoms with E-state index in [9.17, 15) is 0 Å². The molecule has 1 aromatic heterocycles. The number of nitrogens with zero attached hydrogens (tertiary/aromatic N) is 2. The van der Waals surface area contributed by atoms with E-state index in [2.05, 4.69) is 10.2 Å². The second kappa shape index (κ2) is 7.18. The van der Waals surface area contributed by atoms with Gasteiger partial charge in [0.1, 0.15) is 0 Å². The molecule has 0 N–H and O–H groups in total. The standard InChI is InChI=1S/C19H18N2O7/c1-22-12-5-10(6-13(23-2)16(12)25-4)18-20-21-19(28-18)11-7-14(24-3)17-15(8-11)26-9-27-17/h5-8H,9H2,1-4H3. The Morgan fingerprint density at radius 3 is 1.86 bits per heavy atom. The molecule has 4 rings (SSSR count). The van der Waals surface area contributed by atoms with Gasteiger partial charge in [-0.3, -0.25) is 0 Å². The Hall–Kier alpha value is -3.62. The van der Waals surface area contributed by atoms with E-state index >= 15 is 0 Å². The van der Waals surface area contributed by atoms with Crippen LogP contribution in [0.25, 0.3) is 22.9 Å². The van der Waals surface area contributed by atoms with Crippen LogP contribution in [0.4, 0.5) is 0 Å². The second-order valence-corrected chi connectivity index (χ2v) is 5.74. The maximum absolute atomic E-state index is 5.86. The lowest BCUT2D eigenvalue weighted by atomic mass is 10.1. The van der Waals surface area contributed by atoms with Crippen molar-refractivity contribution in [3.63, 3.8) is 0 Å². The Kier molecular flexibility index (Phi) is 4.56. The average molecular weight is 386 g/mol. The van der Waals surface area contributed by atoms with Gasteiger partial charge in [-0.15, -0.1) is 10.2 Å². The van der Waals surface area contributed by atoms with E-state index in [-0.39, 0.29) is 6.79 Å². The highest BCUT2D eigenvalue weighted by atomic mass is 16.7. The van der Waals surface area contributed by atoms with Crippen LogP contribution in [-0.2, 0) is 0 Å². The first-order valence-electron chi connectivity index (χ1n) is 8.30. The van der Waals surface area contributed by atoms with E-state index in [0.717, 1.165) is 0 Å². The van der Waals surface area contributed by atoms with E-state index in [1.54, 1.807) is 45.6 Å². The Labute approximate surface area is 160 Å². The maximum atomic E-state index is 5.86. The number of methoxy groups -OCH3 is 4. The molecule has 9 heteroatoms. The first kappa shape index (κ1) is 17.8. The molecular formula is C19H18N2O7. The Morgan fingerprint density at radius 1 is 0.714 bits per heavy atom. The molecule has 146 valence electrons. The molecule has 0 atom stereocenters. The van der Waals surface area contributed by atoms with Crippen molar-refractivity contribution in [2.24, 2.45) is 0 Å². The summed E-state index contributed by atoms with van der Waals surface area (Å²) < 4.78 is 38.1. The van der Waals surface area contributed by atoms with Crippen LogP contribution >= 0.6 is 0 Å². The predicted molar refractivity (Wildman–Crippen MR) is 97.5 cm³/mol. The number of aromatic nitrogens is 2. The lowest BCUT2D eigenvalue weighted by Gasteiger charge is -2.12. The minimum absolute atomic E-state index is 0.135. The first-order chi connectivity index (χ1) is 13.7. The van der Waals surface area contributed by atoms with Gasteiger partial charge < -0.3 is 32.8 Å². The zero-order valence-corrected chi connectivity index (χ0v) is 15.8. The average Bonchev–Trinajstić information content (AvgIpc) is 3.41. The first-order valence-corrected chi connectivity index (χ1v) is 8.30. The highest BCUT2D eigenvalue weighted by molar-refractivity contribution is 5.69.